The van der Waals surface area contributed by atoms with E-state index in [1.165, 1.54) is 12.1 Å². The number of hydrogen-bond acceptors (Lipinski definition) is 5. The number of thiophene rings is 1. The lowest BCUT2D eigenvalue weighted by Gasteiger charge is -2.13. The molecule has 5 nitrogen and oxygen atoms in total. The third-order valence-electron chi connectivity index (χ3n) is 3.23. The van der Waals surface area contributed by atoms with Gasteiger partial charge in [-0.25, -0.2) is 8.42 Å². The predicted octanol–water partition coefficient (Wildman–Crippen LogP) is 5.00. The van der Waals surface area contributed by atoms with Crippen molar-refractivity contribution in [3.8, 4) is 17.2 Å². The molecule has 0 radical (unpaired) electrons. The van der Waals surface area contributed by atoms with Gasteiger partial charge < -0.3 is 9.47 Å². The van der Waals surface area contributed by atoms with Crippen LogP contribution in [0.5, 0.6) is 17.2 Å². The lowest BCUT2D eigenvalue weighted by Crippen LogP contribution is -2.12. The molecule has 3 aromatic rings. The predicted molar refractivity (Wildman–Crippen MR) is 99.6 cm³/mol. The SMILES string of the molecule is COc1ccc(Oc2ccc(Cl)cc2NS(=O)(=O)c2cccs2)cc1. The Morgan fingerprint density at radius 2 is 1.76 bits per heavy atom. The first-order valence-corrected chi connectivity index (χ1v) is 9.90. The molecular weight excluding hydrogens is 382 g/mol. The van der Waals surface area contributed by atoms with E-state index in [1.807, 2.05) is 0 Å². The molecule has 1 N–H and O–H groups in total. The van der Waals surface area contributed by atoms with E-state index in [9.17, 15) is 8.42 Å². The maximum Gasteiger partial charge on any atom is 0.271 e. The number of anilines is 1. The Bertz CT molecular complexity index is 955. The van der Waals surface area contributed by atoms with Crippen molar-refractivity contribution in [3.63, 3.8) is 0 Å². The second-order valence-electron chi connectivity index (χ2n) is 4.96. The molecule has 8 heteroatoms. The maximum absolute atomic E-state index is 12.4. The quantitative estimate of drug-likeness (QED) is 0.637. The van der Waals surface area contributed by atoms with E-state index in [-0.39, 0.29) is 9.90 Å². The summed E-state index contributed by atoms with van der Waals surface area (Å²) in [5.41, 5.74) is 0.261. The van der Waals surface area contributed by atoms with Crippen molar-refractivity contribution in [2.75, 3.05) is 11.8 Å². The number of ether oxygens (including phenoxy) is 2. The van der Waals surface area contributed by atoms with Crippen molar-refractivity contribution in [3.05, 3.63) is 65.0 Å². The van der Waals surface area contributed by atoms with Crippen molar-refractivity contribution in [2.45, 2.75) is 4.21 Å². The average molecular weight is 396 g/mol. The summed E-state index contributed by atoms with van der Waals surface area (Å²) in [5.74, 6) is 1.58. The summed E-state index contributed by atoms with van der Waals surface area (Å²) in [5, 5.41) is 2.09. The molecule has 1 heterocycles. The first-order valence-electron chi connectivity index (χ1n) is 7.16. The largest absolute Gasteiger partial charge is 0.497 e. The maximum atomic E-state index is 12.4. The van der Waals surface area contributed by atoms with Gasteiger partial charge in [-0.2, -0.15) is 0 Å². The van der Waals surface area contributed by atoms with E-state index in [0.29, 0.717) is 22.3 Å². The third kappa shape index (κ3) is 4.25. The molecule has 0 spiro atoms. The number of hydrogen-bond donors (Lipinski definition) is 1. The van der Waals surface area contributed by atoms with Gasteiger partial charge in [0.05, 0.1) is 12.8 Å². The van der Waals surface area contributed by atoms with Crippen LogP contribution in [0.15, 0.2) is 64.2 Å². The first kappa shape index (κ1) is 17.6. The van der Waals surface area contributed by atoms with Crippen LogP contribution in [0, 0.1) is 0 Å². The molecule has 0 fully saturated rings. The van der Waals surface area contributed by atoms with Crippen molar-refractivity contribution in [1.29, 1.82) is 0 Å². The van der Waals surface area contributed by atoms with Crippen LogP contribution < -0.4 is 14.2 Å². The summed E-state index contributed by atoms with van der Waals surface area (Å²) in [6, 6.07) is 14.9. The monoisotopic (exact) mass is 395 g/mol. The Morgan fingerprint density at radius 3 is 2.40 bits per heavy atom. The van der Waals surface area contributed by atoms with Gasteiger partial charge in [0, 0.05) is 5.02 Å². The molecule has 2 aromatic carbocycles. The second kappa shape index (κ2) is 7.35. The van der Waals surface area contributed by atoms with E-state index in [2.05, 4.69) is 4.72 Å². The topological polar surface area (TPSA) is 64.6 Å². The molecule has 0 saturated heterocycles. The fourth-order valence-electron chi connectivity index (χ4n) is 2.05. The Morgan fingerprint density at radius 1 is 1.04 bits per heavy atom. The minimum atomic E-state index is -3.70. The Kier molecular flexibility index (Phi) is 5.17. The molecule has 25 heavy (non-hydrogen) atoms. The molecule has 0 unspecified atom stereocenters. The second-order valence-corrected chi connectivity index (χ2v) is 8.25. The van der Waals surface area contributed by atoms with E-state index >= 15 is 0 Å². The van der Waals surface area contributed by atoms with Crippen molar-refractivity contribution in [2.24, 2.45) is 0 Å². The van der Waals surface area contributed by atoms with Crippen LogP contribution in [0.25, 0.3) is 0 Å². The van der Waals surface area contributed by atoms with Crippen LogP contribution in [-0.4, -0.2) is 15.5 Å². The van der Waals surface area contributed by atoms with Crippen molar-refractivity contribution >= 4 is 38.6 Å². The number of rotatable bonds is 6. The molecular formula is C17H14ClNO4S2. The van der Waals surface area contributed by atoms with Crippen LogP contribution in [0.2, 0.25) is 5.02 Å². The van der Waals surface area contributed by atoms with Crippen LogP contribution in [0.3, 0.4) is 0 Å². The van der Waals surface area contributed by atoms with E-state index in [0.717, 1.165) is 11.3 Å². The molecule has 3 rings (SSSR count). The summed E-state index contributed by atoms with van der Waals surface area (Å²) in [7, 11) is -2.13. The van der Waals surface area contributed by atoms with Gasteiger partial charge >= 0.3 is 0 Å². The number of sulfonamides is 1. The lowest BCUT2D eigenvalue weighted by atomic mass is 10.3. The highest BCUT2D eigenvalue weighted by Gasteiger charge is 2.18. The summed E-state index contributed by atoms with van der Waals surface area (Å²) in [6.07, 6.45) is 0. The minimum Gasteiger partial charge on any atom is -0.497 e. The summed E-state index contributed by atoms with van der Waals surface area (Å²) < 4.78 is 38.5. The number of benzene rings is 2. The fraction of sp³-hybridized carbons (Fsp3) is 0.0588. The highest BCUT2D eigenvalue weighted by atomic mass is 35.5. The van der Waals surface area contributed by atoms with Crippen LogP contribution in [0.4, 0.5) is 5.69 Å². The molecule has 0 aliphatic carbocycles. The number of nitrogens with one attached hydrogen (secondary N) is 1. The van der Waals surface area contributed by atoms with Crippen LogP contribution >= 0.6 is 22.9 Å². The van der Waals surface area contributed by atoms with Gasteiger partial charge in [0.1, 0.15) is 15.7 Å². The lowest BCUT2D eigenvalue weighted by molar-refractivity contribution is 0.413. The molecule has 0 atom stereocenters. The van der Waals surface area contributed by atoms with E-state index in [4.69, 9.17) is 21.1 Å². The zero-order valence-corrected chi connectivity index (χ0v) is 15.5. The Hall–Kier alpha value is -2.22. The highest BCUT2D eigenvalue weighted by Crippen LogP contribution is 2.34. The van der Waals surface area contributed by atoms with Crippen LogP contribution in [-0.2, 0) is 10.0 Å². The normalized spacial score (nSPS) is 11.1. The molecule has 0 bridgehead atoms. The van der Waals surface area contributed by atoms with Gasteiger partial charge in [-0.3, -0.25) is 4.72 Å². The summed E-state index contributed by atoms with van der Waals surface area (Å²) in [6.45, 7) is 0. The fourth-order valence-corrected chi connectivity index (χ4v) is 4.28. The number of methoxy groups -OCH3 is 1. The molecule has 0 aliphatic heterocycles. The van der Waals surface area contributed by atoms with Crippen molar-refractivity contribution in [1.82, 2.24) is 0 Å². The van der Waals surface area contributed by atoms with E-state index in [1.54, 1.807) is 55.0 Å². The molecule has 0 amide bonds. The first-order chi connectivity index (χ1) is 12.0. The van der Waals surface area contributed by atoms with E-state index < -0.39 is 10.0 Å². The Balaban J connectivity index is 1.90. The molecule has 0 saturated carbocycles. The van der Waals surface area contributed by atoms with Crippen molar-refractivity contribution < 1.29 is 17.9 Å². The standard InChI is InChI=1S/C17H14ClNO4S2/c1-22-13-5-7-14(8-6-13)23-16-9-4-12(18)11-15(16)19-25(20,21)17-3-2-10-24-17/h2-11,19H,1H3. The van der Waals surface area contributed by atoms with Gasteiger partial charge in [-0.05, 0) is 53.9 Å². The third-order valence-corrected chi connectivity index (χ3v) is 6.23. The van der Waals surface area contributed by atoms with Gasteiger partial charge in [0.25, 0.3) is 10.0 Å². The highest BCUT2D eigenvalue weighted by molar-refractivity contribution is 7.94. The van der Waals surface area contributed by atoms with Crippen LogP contribution in [0.1, 0.15) is 0 Å². The van der Waals surface area contributed by atoms with Gasteiger partial charge in [-0.15, -0.1) is 11.3 Å². The summed E-state index contributed by atoms with van der Waals surface area (Å²) >= 11 is 7.14. The van der Waals surface area contributed by atoms with Gasteiger partial charge in [0.15, 0.2) is 5.75 Å². The minimum absolute atomic E-state index is 0.211. The average Bonchev–Trinajstić information content (AvgIpc) is 3.13. The molecule has 1 aromatic heterocycles. The molecule has 130 valence electrons. The summed E-state index contributed by atoms with van der Waals surface area (Å²) in [4.78, 5) is 0. The smallest absolute Gasteiger partial charge is 0.271 e. The number of halogens is 1. The van der Waals surface area contributed by atoms with Gasteiger partial charge in [-0.1, -0.05) is 17.7 Å². The molecule has 0 aliphatic rings. The Labute approximate surface area is 154 Å². The zero-order valence-electron chi connectivity index (χ0n) is 13.1. The van der Waals surface area contributed by atoms with Gasteiger partial charge in [0.2, 0.25) is 0 Å². The zero-order chi connectivity index (χ0) is 17.9.